The van der Waals surface area contributed by atoms with Gasteiger partial charge < -0.3 is 0 Å². The zero-order chi connectivity index (χ0) is 17.7. The van der Waals surface area contributed by atoms with Gasteiger partial charge in [-0.15, -0.1) is 22.7 Å². The molecule has 5 aromatic rings. The van der Waals surface area contributed by atoms with E-state index in [1.165, 1.54) is 20.9 Å². The Kier molecular flexibility index (Phi) is 4.02. The second-order valence-electron chi connectivity index (χ2n) is 6.03. The summed E-state index contributed by atoms with van der Waals surface area (Å²) in [6.07, 6.45) is 0. The number of thiophene rings is 2. The van der Waals surface area contributed by atoms with E-state index < -0.39 is 0 Å². The van der Waals surface area contributed by atoms with Crippen molar-refractivity contribution in [3.05, 3.63) is 81.5 Å². The zero-order valence-electron chi connectivity index (χ0n) is 13.5. The topological polar surface area (TPSA) is 0 Å². The van der Waals surface area contributed by atoms with E-state index in [9.17, 15) is 0 Å². The van der Waals surface area contributed by atoms with Crippen LogP contribution < -0.4 is 0 Å². The van der Waals surface area contributed by atoms with E-state index in [0.717, 1.165) is 31.6 Å². The molecule has 0 N–H and O–H groups in total. The molecule has 0 radical (unpaired) electrons. The van der Waals surface area contributed by atoms with Crippen molar-refractivity contribution >= 4 is 67.4 Å². The summed E-state index contributed by atoms with van der Waals surface area (Å²) in [5.74, 6) is 0. The fourth-order valence-corrected chi connectivity index (χ4v) is 5.72. The van der Waals surface area contributed by atoms with E-state index >= 15 is 0 Å². The summed E-state index contributed by atoms with van der Waals surface area (Å²) in [6, 6.07) is 20.7. The van der Waals surface area contributed by atoms with Crippen molar-refractivity contribution in [3.63, 3.8) is 0 Å². The standard InChI is InChI=1S/C22H12Cl2S2/c23-15-7-1-5-13-19(15)22(18-10-4-12-26-18)14-6-2-8-16(24)20(14)21(13)17-9-3-11-25-17/h1-12H. The van der Waals surface area contributed by atoms with Crippen LogP contribution in [0.4, 0.5) is 0 Å². The average Bonchev–Trinajstić information content (AvgIpc) is 3.34. The summed E-state index contributed by atoms with van der Waals surface area (Å²) in [4.78, 5) is 2.40. The predicted molar refractivity (Wildman–Crippen MR) is 118 cm³/mol. The molecule has 0 saturated heterocycles. The molecule has 0 aliphatic rings. The highest BCUT2D eigenvalue weighted by Crippen LogP contribution is 2.49. The number of fused-ring (bicyclic) bond motifs is 2. The SMILES string of the molecule is Clc1cccc2c(-c3cccs3)c3c(Cl)cccc3c(-c3cccs3)c12. The Labute approximate surface area is 169 Å². The maximum atomic E-state index is 6.73. The van der Waals surface area contributed by atoms with E-state index in [0.29, 0.717) is 0 Å². The molecule has 2 heterocycles. The molecule has 0 saturated carbocycles. The lowest BCUT2D eigenvalue weighted by atomic mass is 9.90. The Bertz CT molecular complexity index is 1140. The Hall–Kier alpha value is -1.84. The fraction of sp³-hybridized carbons (Fsp3) is 0. The largest absolute Gasteiger partial charge is 0.144 e. The number of hydrogen-bond acceptors (Lipinski definition) is 2. The van der Waals surface area contributed by atoms with Gasteiger partial charge >= 0.3 is 0 Å². The minimum absolute atomic E-state index is 0.769. The summed E-state index contributed by atoms with van der Waals surface area (Å²) in [5.41, 5.74) is 2.33. The van der Waals surface area contributed by atoms with Gasteiger partial charge in [0.25, 0.3) is 0 Å². The predicted octanol–water partition coefficient (Wildman–Crippen LogP) is 8.76. The van der Waals surface area contributed by atoms with Gasteiger partial charge in [-0.05, 0) is 45.8 Å². The Morgan fingerprint density at radius 3 is 1.38 bits per heavy atom. The molecule has 0 atom stereocenters. The molecule has 4 heteroatoms. The first kappa shape index (κ1) is 16.3. The first-order valence-corrected chi connectivity index (χ1v) is 10.7. The molecule has 26 heavy (non-hydrogen) atoms. The van der Waals surface area contributed by atoms with Gasteiger partial charge in [0.1, 0.15) is 0 Å². The minimum Gasteiger partial charge on any atom is -0.144 e. The molecule has 3 aromatic carbocycles. The van der Waals surface area contributed by atoms with E-state index in [1.807, 2.05) is 24.3 Å². The van der Waals surface area contributed by atoms with Gasteiger partial charge in [-0.3, -0.25) is 0 Å². The molecule has 0 amide bonds. The highest BCUT2D eigenvalue weighted by molar-refractivity contribution is 7.14. The lowest BCUT2D eigenvalue weighted by molar-refractivity contribution is 1.74. The van der Waals surface area contributed by atoms with Gasteiger partial charge in [0.2, 0.25) is 0 Å². The normalized spacial score (nSPS) is 11.5. The van der Waals surface area contributed by atoms with Crippen LogP contribution >= 0.6 is 45.9 Å². The Morgan fingerprint density at radius 1 is 0.538 bits per heavy atom. The Morgan fingerprint density at radius 2 is 1.00 bits per heavy atom. The molecule has 0 unspecified atom stereocenters. The molecule has 0 aliphatic carbocycles. The lowest BCUT2D eigenvalue weighted by Crippen LogP contribution is -1.90. The van der Waals surface area contributed by atoms with Gasteiger partial charge in [0.15, 0.2) is 0 Å². The molecular formula is C22H12Cl2S2. The quantitative estimate of drug-likeness (QED) is 0.255. The van der Waals surface area contributed by atoms with E-state index in [4.69, 9.17) is 23.2 Å². The molecule has 0 aliphatic heterocycles. The zero-order valence-corrected chi connectivity index (χ0v) is 16.6. The maximum Gasteiger partial charge on any atom is 0.0491 e. The van der Waals surface area contributed by atoms with Crippen molar-refractivity contribution in [1.29, 1.82) is 0 Å². The summed E-state index contributed by atoms with van der Waals surface area (Å²) in [5, 5.41) is 10.2. The smallest absolute Gasteiger partial charge is 0.0491 e. The van der Waals surface area contributed by atoms with Gasteiger partial charge in [-0.1, -0.05) is 59.6 Å². The third-order valence-corrected chi connectivity index (χ3v) is 7.01. The molecule has 5 rings (SSSR count). The molecule has 0 bridgehead atoms. The van der Waals surface area contributed by atoms with Crippen LogP contribution in [-0.2, 0) is 0 Å². The molecule has 0 spiro atoms. The monoisotopic (exact) mass is 410 g/mol. The van der Waals surface area contributed by atoms with Crippen LogP contribution in [0.2, 0.25) is 10.0 Å². The molecular weight excluding hydrogens is 399 g/mol. The molecule has 2 aromatic heterocycles. The number of hydrogen-bond donors (Lipinski definition) is 0. The third kappa shape index (κ3) is 2.41. The van der Waals surface area contributed by atoms with Crippen molar-refractivity contribution in [2.75, 3.05) is 0 Å². The van der Waals surface area contributed by atoms with Crippen molar-refractivity contribution in [2.45, 2.75) is 0 Å². The van der Waals surface area contributed by atoms with Crippen LogP contribution in [0.1, 0.15) is 0 Å². The summed E-state index contributed by atoms with van der Waals surface area (Å²) < 4.78 is 0. The summed E-state index contributed by atoms with van der Waals surface area (Å²) in [6.45, 7) is 0. The van der Waals surface area contributed by atoms with Gasteiger partial charge in [0.05, 0.1) is 0 Å². The average molecular weight is 411 g/mol. The van der Waals surface area contributed by atoms with Crippen LogP contribution in [0.5, 0.6) is 0 Å². The van der Waals surface area contributed by atoms with Gasteiger partial charge in [-0.25, -0.2) is 0 Å². The second kappa shape index (κ2) is 6.40. The second-order valence-corrected chi connectivity index (χ2v) is 8.74. The Balaban J connectivity index is 2.12. The van der Waals surface area contributed by atoms with Crippen LogP contribution in [-0.4, -0.2) is 0 Å². The molecule has 0 nitrogen and oxygen atoms in total. The van der Waals surface area contributed by atoms with E-state index in [-0.39, 0.29) is 0 Å². The lowest BCUT2D eigenvalue weighted by Gasteiger charge is -2.17. The highest BCUT2D eigenvalue weighted by Gasteiger charge is 2.20. The van der Waals surface area contributed by atoms with Crippen LogP contribution in [0, 0.1) is 0 Å². The van der Waals surface area contributed by atoms with Gasteiger partial charge in [-0.2, -0.15) is 0 Å². The summed E-state index contributed by atoms with van der Waals surface area (Å²) in [7, 11) is 0. The third-order valence-electron chi connectivity index (χ3n) is 4.60. The first-order chi connectivity index (χ1) is 12.8. The number of benzene rings is 3. The minimum atomic E-state index is 0.769. The van der Waals surface area contributed by atoms with Crippen molar-refractivity contribution < 1.29 is 0 Å². The van der Waals surface area contributed by atoms with Crippen LogP contribution in [0.3, 0.4) is 0 Å². The van der Waals surface area contributed by atoms with E-state index in [2.05, 4.69) is 47.2 Å². The fourth-order valence-electron chi connectivity index (χ4n) is 3.60. The van der Waals surface area contributed by atoms with Crippen molar-refractivity contribution in [3.8, 4) is 20.9 Å². The first-order valence-electron chi connectivity index (χ1n) is 8.16. The maximum absolute atomic E-state index is 6.73. The number of halogens is 2. The van der Waals surface area contributed by atoms with Gasteiger partial charge in [0, 0.05) is 41.7 Å². The van der Waals surface area contributed by atoms with Crippen molar-refractivity contribution in [2.24, 2.45) is 0 Å². The summed E-state index contributed by atoms with van der Waals surface area (Å²) >= 11 is 16.9. The number of rotatable bonds is 2. The molecule has 126 valence electrons. The van der Waals surface area contributed by atoms with Crippen LogP contribution in [0.25, 0.3) is 42.4 Å². The van der Waals surface area contributed by atoms with Crippen LogP contribution in [0.15, 0.2) is 71.4 Å². The molecule has 0 fully saturated rings. The van der Waals surface area contributed by atoms with E-state index in [1.54, 1.807) is 22.7 Å². The van der Waals surface area contributed by atoms with Crippen molar-refractivity contribution in [1.82, 2.24) is 0 Å². The highest BCUT2D eigenvalue weighted by atomic mass is 35.5.